The lowest BCUT2D eigenvalue weighted by molar-refractivity contribution is -0.0760. The van der Waals surface area contributed by atoms with E-state index in [9.17, 15) is 4.79 Å². The highest BCUT2D eigenvalue weighted by Crippen LogP contribution is 2.45. The Labute approximate surface area is 173 Å². The maximum Gasteiger partial charge on any atom is 0.298 e. The van der Waals surface area contributed by atoms with E-state index in [1.165, 1.54) is 12.2 Å². The maximum atomic E-state index is 12.6. The number of aromatic amines is 1. The molecule has 30 heavy (non-hydrogen) atoms. The first-order chi connectivity index (χ1) is 14.6. The van der Waals surface area contributed by atoms with Gasteiger partial charge in [0.25, 0.3) is 5.91 Å². The lowest BCUT2D eigenvalue weighted by Crippen LogP contribution is -2.31. The summed E-state index contributed by atoms with van der Waals surface area (Å²) < 4.78 is 11.1. The molecular formula is C23H21N3O4. The third kappa shape index (κ3) is 2.78. The van der Waals surface area contributed by atoms with Gasteiger partial charge in [0.2, 0.25) is 6.79 Å². The van der Waals surface area contributed by atoms with Crippen LogP contribution in [0, 0.1) is 0 Å². The molecule has 1 aliphatic heterocycles. The number of H-pyrrole nitrogens is 1. The molecule has 0 radical (unpaired) electrons. The van der Waals surface area contributed by atoms with Gasteiger partial charge in [-0.1, -0.05) is 48.6 Å². The van der Waals surface area contributed by atoms with Gasteiger partial charge in [-0.3, -0.25) is 14.7 Å². The van der Waals surface area contributed by atoms with E-state index in [1.807, 2.05) is 36.4 Å². The number of amides is 1. The van der Waals surface area contributed by atoms with Crippen LogP contribution in [0.1, 0.15) is 32.9 Å². The lowest BCUT2D eigenvalue weighted by atomic mass is 9.68. The van der Waals surface area contributed by atoms with Gasteiger partial charge in [-0.05, 0) is 23.3 Å². The number of nitrogens with zero attached hydrogens (tertiary/aromatic N) is 2. The van der Waals surface area contributed by atoms with Crippen molar-refractivity contribution >= 4 is 12.0 Å². The second-order valence-electron chi connectivity index (χ2n) is 7.37. The van der Waals surface area contributed by atoms with Gasteiger partial charge >= 0.3 is 0 Å². The Morgan fingerprint density at radius 2 is 1.93 bits per heavy atom. The summed E-state index contributed by atoms with van der Waals surface area (Å²) >= 11 is 0. The highest BCUT2D eigenvalue weighted by atomic mass is 16.7. The van der Waals surface area contributed by atoms with Gasteiger partial charge in [-0.25, -0.2) is 5.06 Å². The topological polar surface area (TPSA) is 76.7 Å². The van der Waals surface area contributed by atoms with E-state index >= 15 is 0 Å². The van der Waals surface area contributed by atoms with E-state index in [2.05, 4.69) is 34.5 Å². The summed E-state index contributed by atoms with van der Waals surface area (Å²) in [6, 6.07) is 16.3. The smallest absolute Gasteiger partial charge is 0.298 e. The summed E-state index contributed by atoms with van der Waals surface area (Å²) in [4.78, 5) is 17.6. The van der Waals surface area contributed by atoms with E-state index < -0.39 is 5.41 Å². The molecule has 1 aliphatic carbocycles. The fourth-order valence-electron chi connectivity index (χ4n) is 4.13. The molecule has 1 atom stereocenters. The summed E-state index contributed by atoms with van der Waals surface area (Å²) in [5, 5.41) is 8.53. The summed E-state index contributed by atoms with van der Waals surface area (Å²) in [5.41, 5.74) is 3.81. The predicted octanol–water partition coefficient (Wildman–Crippen LogP) is 3.33. The van der Waals surface area contributed by atoms with Crippen LogP contribution in [0.4, 0.5) is 0 Å². The Morgan fingerprint density at radius 3 is 2.73 bits per heavy atom. The lowest BCUT2D eigenvalue weighted by Gasteiger charge is -2.34. The number of carbonyl (C=O) groups is 1. The average molecular weight is 403 g/mol. The molecule has 1 N–H and O–H groups in total. The number of hydrogen-bond acceptors (Lipinski definition) is 5. The van der Waals surface area contributed by atoms with Crippen LogP contribution in [-0.2, 0) is 16.7 Å². The predicted molar refractivity (Wildman–Crippen MR) is 110 cm³/mol. The minimum atomic E-state index is -0.435. The quantitative estimate of drug-likeness (QED) is 0.677. The van der Waals surface area contributed by atoms with Gasteiger partial charge in [0.15, 0.2) is 17.2 Å². The normalized spacial score (nSPS) is 18.9. The van der Waals surface area contributed by atoms with Crippen molar-refractivity contribution in [1.82, 2.24) is 15.3 Å². The average Bonchev–Trinajstić information content (AvgIpc) is 3.44. The van der Waals surface area contributed by atoms with Crippen molar-refractivity contribution in [2.75, 3.05) is 21.0 Å². The molecule has 3 aromatic rings. The minimum Gasteiger partial charge on any atom is -0.454 e. The summed E-state index contributed by atoms with van der Waals surface area (Å²) in [7, 11) is 3.02. The van der Waals surface area contributed by atoms with Crippen molar-refractivity contribution in [3.8, 4) is 11.5 Å². The molecule has 2 aliphatic rings. The number of hydrogen-bond donors (Lipinski definition) is 1. The van der Waals surface area contributed by atoms with Crippen molar-refractivity contribution in [1.29, 1.82) is 0 Å². The second kappa shape index (κ2) is 7.03. The largest absolute Gasteiger partial charge is 0.454 e. The van der Waals surface area contributed by atoms with E-state index in [0.29, 0.717) is 12.1 Å². The standard InChI is InChI=1S/C23H21N3O4/c1-26(28-2)22(27)21-17-10-11-23(13-18(17)24-25-21,15-6-4-3-5-7-15)16-8-9-19-20(12-16)30-14-29-19/h3-12H,13-14H2,1-2H3,(H,24,25). The molecule has 0 spiro atoms. The Balaban J connectivity index is 1.62. The summed E-state index contributed by atoms with van der Waals surface area (Å²) in [6.07, 6.45) is 4.73. The van der Waals surface area contributed by atoms with Crippen LogP contribution in [-0.4, -0.2) is 42.1 Å². The molecule has 1 unspecified atom stereocenters. The summed E-state index contributed by atoms with van der Waals surface area (Å²) in [5.74, 6) is 1.19. The Kier molecular flexibility index (Phi) is 4.33. The first-order valence-electron chi connectivity index (χ1n) is 9.67. The van der Waals surface area contributed by atoms with Crippen LogP contribution in [0.25, 0.3) is 6.08 Å². The molecule has 7 heteroatoms. The van der Waals surface area contributed by atoms with Crippen LogP contribution in [0.2, 0.25) is 0 Å². The first-order valence-corrected chi connectivity index (χ1v) is 9.67. The van der Waals surface area contributed by atoms with E-state index in [0.717, 1.165) is 33.9 Å². The number of hydroxylamine groups is 2. The van der Waals surface area contributed by atoms with E-state index in [4.69, 9.17) is 14.3 Å². The number of ether oxygens (including phenoxy) is 2. The Bertz CT molecular complexity index is 1140. The van der Waals surface area contributed by atoms with Crippen molar-refractivity contribution in [3.63, 3.8) is 0 Å². The highest BCUT2D eigenvalue weighted by molar-refractivity contribution is 5.96. The van der Waals surface area contributed by atoms with Crippen molar-refractivity contribution in [2.45, 2.75) is 11.8 Å². The maximum absolute atomic E-state index is 12.6. The second-order valence-corrected chi connectivity index (χ2v) is 7.37. The molecule has 0 saturated heterocycles. The number of carbonyl (C=O) groups excluding carboxylic acids is 1. The van der Waals surface area contributed by atoms with Gasteiger partial charge in [-0.15, -0.1) is 0 Å². The zero-order valence-corrected chi connectivity index (χ0v) is 16.7. The molecule has 1 amide bonds. The van der Waals surface area contributed by atoms with Crippen LogP contribution in [0.3, 0.4) is 0 Å². The van der Waals surface area contributed by atoms with Gasteiger partial charge in [-0.2, -0.15) is 5.10 Å². The third-order valence-corrected chi connectivity index (χ3v) is 5.81. The number of rotatable bonds is 4. The van der Waals surface area contributed by atoms with Gasteiger partial charge < -0.3 is 9.47 Å². The fraction of sp³-hybridized carbons (Fsp3) is 0.217. The molecule has 2 aromatic carbocycles. The monoisotopic (exact) mass is 403 g/mol. The molecule has 0 saturated carbocycles. The molecular weight excluding hydrogens is 382 g/mol. The summed E-state index contributed by atoms with van der Waals surface area (Å²) in [6.45, 7) is 0.232. The third-order valence-electron chi connectivity index (χ3n) is 5.81. The van der Waals surface area contributed by atoms with Crippen molar-refractivity contribution in [3.05, 3.63) is 82.7 Å². The van der Waals surface area contributed by atoms with Gasteiger partial charge in [0.05, 0.1) is 7.11 Å². The number of nitrogens with one attached hydrogen (secondary N) is 1. The Hall–Kier alpha value is -3.58. The number of benzene rings is 2. The molecule has 2 heterocycles. The highest BCUT2D eigenvalue weighted by Gasteiger charge is 2.38. The molecule has 1 aromatic heterocycles. The van der Waals surface area contributed by atoms with Gasteiger partial charge in [0.1, 0.15) is 0 Å². The number of allylic oxidation sites excluding steroid dienone is 1. The minimum absolute atomic E-state index is 0.232. The molecule has 0 fully saturated rings. The van der Waals surface area contributed by atoms with Crippen LogP contribution >= 0.6 is 0 Å². The van der Waals surface area contributed by atoms with Crippen LogP contribution in [0.15, 0.2) is 54.6 Å². The SMILES string of the molecule is CON(C)C(=O)c1n[nH]c2c1C=CC(c1ccccc1)(c1ccc3c(c1)OCO3)C2. The van der Waals surface area contributed by atoms with Gasteiger partial charge in [0, 0.05) is 30.1 Å². The van der Waals surface area contributed by atoms with Crippen LogP contribution < -0.4 is 9.47 Å². The zero-order valence-electron chi connectivity index (χ0n) is 16.7. The van der Waals surface area contributed by atoms with E-state index in [-0.39, 0.29) is 12.7 Å². The number of aromatic nitrogens is 2. The first kappa shape index (κ1) is 18.4. The van der Waals surface area contributed by atoms with Crippen LogP contribution in [0.5, 0.6) is 11.5 Å². The fourth-order valence-corrected chi connectivity index (χ4v) is 4.13. The zero-order chi connectivity index (χ0) is 20.7. The molecule has 5 rings (SSSR count). The molecule has 152 valence electrons. The number of fused-ring (bicyclic) bond motifs is 2. The Morgan fingerprint density at radius 1 is 1.13 bits per heavy atom. The van der Waals surface area contributed by atoms with E-state index in [1.54, 1.807) is 7.05 Å². The van der Waals surface area contributed by atoms with Crippen molar-refractivity contribution in [2.24, 2.45) is 0 Å². The van der Waals surface area contributed by atoms with Crippen molar-refractivity contribution < 1.29 is 19.1 Å². The molecule has 7 nitrogen and oxygen atoms in total. The molecule has 0 bridgehead atoms.